The van der Waals surface area contributed by atoms with E-state index in [1.165, 1.54) is 6.21 Å². The van der Waals surface area contributed by atoms with E-state index in [0.717, 1.165) is 0 Å². The Balaban J connectivity index is 2.49. The molecule has 0 radical (unpaired) electrons. The van der Waals surface area contributed by atoms with Crippen molar-refractivity contribution in [2.45, 2.75) is 12.5 Å². The number of rotatable bonds is 0. The molecule has 0 saturated carbocycles. The Morgan fingerprint density at radius 1 is 1.71 bits per heavy atom. The zero-order valence-electron chi connectivity index (χ0n) is 3.91. The molecule has 1 aliphatic rings. The van der Waals surface area contributed by atoms with Crippen molar-refractivity contribution in [2.75, 3.05) is 0 Å². The number of aliphatic hydroxyl groups excluding tert-OH is 1. The number of aliphatic hydroxyl groups is 1. The molecule has 1 rings (SSSR count). The van der Waals surface area contributed by atoms with Gasteiger partial charge in [0.2, 0.25) is 0 Å². The summed E-state index contributed by atoms with van der Waals surface area (Å²) in [5.41, 5.74) is 0. The minimum Gasteiger partial charge on any atom is -0.387 e. The van der Waals surface area contributed by atoms with E-state index >= 15 is 0 Å². The zero-order chi connectivity index (χ0) is 5.11. The van der Waals surface area contributed by atoms with Gasteiger partial charge in [-0.15, -0.1) is 0 Å². The first-order valence-corrected chi connectivity index (χ1v) is 2.26. The smallest absolute Gasteiger partial charge is 0.0926 e. The van der Waals surface area contributed by atoms with Crippen molar-refractivity contribution in [1.29, 1.82) is 0 Å². The summed E-state index contributed by atoms with van der Waals surface area (Å²) in [4.78, 5) is 3.70. The average molecular weight is 97.1 g/mol. The molecule has 1 atom stereocenters. The van der Waals surface area contributed by atoms with Crippen LogP contribution >= 0.6 is 0 Å². The first-order valence-electron chi connectivity index (χ1n) is 2.26. The van der Waals surface area contributed by atoms with E-state index in [2.05, 4.69) is 4.99 Å². The molecule has 0 fully saturated rings. The van der Waals surface area contributed by atoms with E-state index in [-0.39, 0.29) is 6.10 Å². The summed E-state index contributed by atoms with van der Waals surface area (Å²) < 4.78 is 0. The molecular formula is C5H7NO. The van der Waals surface area contributed by atoms with Gasteiger partial charge in [-0.25, -0.2) is 0 Å². The van der Waals surface area contributed by atoms with Crippen LogP contribution in [0.5, 0.6) is 0 Å². The van der Waals surface area contributed by atoms with E-state index in [1.54, 1.807) is 6.20 Å². The molecule has 0 aromatic heterocycles. The Kier molecular flexibility index (Phi) is 1.22. The fraction of sp³-hybridized carbons (Fsp3) is 0.400. The lowest BCUT2D eigenvalue weighted by molar-refractivity contribution is 0.248. The molecule has 0 saturated heterocycles. The van der Waals surface area contributed by atoms with Gasteiger partial charge in [0.05, 0.1) is 6.10 Å². The van der Waals surface area contributed by atoms with Crippen molar-refractivity contribution >= 4 is 6.21 Å². The second-order valence-corrected chi connectivity index (χ2v) is 1.49. The summed E-state index contributed by atoms with van der Waals surface area (Å²) >= 11 is 0. The maximum absolute atomic E-state index is 8.71. The van der Waals surface area contributed by atoms with Gasteiger partial charge < -0.3 is 5.11 Å². The average Bonchev–Trinajstić information content (AvgIpc) is 1.69. The number of hydrogen-bond acceptors (Lipinski definition) is 2. The highest BCUT2D eigenvalue weighted by Gasteiger charge is 1.96. The van der Waals surface area contributed by atoms with Crippen LogP contribution in [0.3, 0.4) is 0 Å². The highest BCUT2D eigenvalue weighted by molar-refractivity contribution is 5.64. The molecule has 7 heavy (non-hydrogen) atoms. The van der Waals surface area contributed by atoms with Crippen LogP contribution in [0.1, 0.15) is 6.42 Å². The van der Waals surface area contributed by atoms with Crippen molar-refractivity contribution < 1.29 is 5.11 Å². The quantitative estimate of drug-likeness (QED) is 0.464. The lowest BCUT2D eigenvalue weighted by Crippen LogP contribution is -2.07. The Morgan fingerprint density at radius 2 is 2.57 bits per heavy atom. The highest BCUT2D eigenvalue weighted by Crippen LogP contribution is 1.95. The molecule has 1 N–H and O–H groups in total. The molecule has 38 valence electrons. The van der Waals surface area contributed by atoms with Crippen LogP contribution < -0.4 is 0 Å². The van der Waals surface area contributed by atoms with Crippen LogP contribution in [0.25, 0.3) is 0 Å². The molecule has 0 aliphatic carbocycles. The summed E-state index contributed by atoms with van der Waals surface area (Å²) in [5, 5.41) is 8.71. The first kappa shape index (κ1) is 4.53. The normalized spacial score (nSPS) is 28.4. The Hall–Kier alpha value is -0.630. The number of aliphatic imine (C=N–C) groups is 1. The minimum atomic E-state index is -0.343. The third-order valence-corrected chi connectivity index (χ3v) is 0.827. The third kappa shape index (κ3) is 1.12. The second-order valence-electron chi connectivity index (χ2n) is 1.49. The molecule has 0 spiro atoms. The van der Waals surface area contributed by atoms with Gasteiger partial charge >= 0.3 is 0 Å². The molecule has 0 bridgehead atoms. The zero-order valence-corrected chi connectivity index (χ0v) is 3.91. The van der Waals surface area contributed by atoms with Gasteiger partial charge in [0.25, 0.3) is 0 Å². The highest BCUT2D eigenvalue weighted by atomic mass is 16.3. The number of nitrogens with zero attached hydrogens (tertiary/aromatic N) is 1. The van der Waals surface area contributed by atoms with Gasteiger partial charge in [0.1, 0.15) is 0 Å². The van der Waals surface area contributed by atoms with E-state index in [4.69, 9.17) is 5.11 Å². The maximum atomic E-state index is 8.71. The fourth-order valence-corrected chi connectivity index (χ4v) is 0.471. The first-order chi connectivity index (χ1) is 3.39. The summed E-state index contributed by atoms with van der Waals surface area (Å²) in [6, 6.07) is 0. The van der Waals surface area contributed by atoms with E-state index in [1.807, 2.05) is 6.08 Å². The lowest BCUT2D eigenvalue weighted by Gasteiger charge is -2.00. The van der Waals surface area contributed by atoms with Crippen molar-refractivity contribution in [3.05, 3.63) is 12.3 Å². The van der Waals surface area contributed by atoms with Gasteiger partial charge in [-0.05, 0) is 6.42 Å². The molecular weight excluding hydrogens is 90.1 g/mol. The maximum Gasteiger partial charge on any atom is 0.0926 e. The van der Waals surface area contributed by atoms with Crippen LogP contribution in [0, 0.1) is 0 Å². The van der Waals surface area contributed by atoms with Gasteiger partial charge in [0.15, 0.2) is 0 Å². The molecule has 0 aromatic rings. The fourth-order valence-electron chi connectivity index (χ4n) is 0.471. The van der Waals surface area contributed by atoms with Gasteiger partial charge in [-0.1, -0.05) is 6.08 Å². The SMILES string of the molecule is O[C@@H]1C=NC=CC1. The third-order valence-electron chi connectivity index (χ3n) is 0.827. The van der Waals surface area contributed by atoms with Crippen LogP contribution in [0.15, 0.2) is 17.3 Å². The molecule has 1 aliphatic heterocycles. The second kappa shape index (κ2) is 1.89. The summed E-state index contributed by atoms with van der Waals surface area (Å²) in [5.74, 6) is 0. The van der Waals surface area contributed by atoms with Crippen LogP contribution in [-0.4, -0.2) is 17.4 Å². The predicted octanol–water partition coefficient (Wildman–Crippen LogP) is 0.336. The Labute approximate surface area is 42.2 Å². The molecule has 1 heterocycles. The van der Waals surface area contributed by atoms with Gasteiger partial charge in [-0.2, -0.15) is 0 Å². The van der Waals surface area contributed by atoms with E-state index in [9.17, 15) is 0 Å². The molecule has 0 aromatic carbocycles. The van der Waals surface area contributed by atoms with Gasteiger partial charge in [0, 0.05) is 12.4 Å². The molecule has 2 heteroatoms. The predicted molar refractivity (Wildman–Crippen MR) is 28.3 cm³/mol. The van der Waals surface area contributed by atoms with Crippen LogP contribution in [-0.2, 0) is 0 Å². The Morgan fingerprint density at radius 3 is 2.86 bits per heavy atom. The molecule has 0 amide bonds. The molecule has 0 unspecified atom stereocenters. The minimum absolute atomic E-state index is 0.343. The van der Waals surface area contributed by atoms with Crippen molar-refractivity contribution in [3.8, 4) is 0 Å². The summed E-state index contributed by atoms with van der Waals surface area (Å²) in [6.45, 7) is 0. The van der Waals surface area contributed by atoms with Gasteiger partial charge in [-0.3, -0.25) is 4.99 Å². The van der Waals surface area contributed by atoms with Crippen molar-refractivity contribution in [2.24, 2.45) is 4.99 Å². The largest absolute Gasteiger partial charge is 0.387 e. The topological polar surface area (TPSA) is 32.6 Å². The monoisotopic (exact) mass is 97.1 g/mol. The summed E-state index contributed by atoms with van der Waals surface area (Å²) in [6.07, 6.45) is 5.42. The standard InChI is InChI=1S/C5H7NO/c7-5-2-1-3-6-4-5/h1,3-5,7H,2H2/t5-/m0/s1. The summed E-state index contributed by atoms with van der Waals surface area (Å²) in [7, 11) is 0. The van der Waals surface area contributed by atoms with Crippen LogP contribution in [0.4, 0.5) is 0 Å². The lowest BCUT2D eigenvalue weighted by atomic mass is 10.2. The molecule has 2 nitrogen and oxygen atoms in total. The van der Waals surface area contributed by atoms with Crippen molar-refractivity contribution in [1.82, 2.24) is 0 Å². The van der Waals surface area contributed by atoms with Crippen LogP contribution in [0.2, 0.25) is 0 Å². The number of hydrogen-bond donors (Lipinski definition) is 1. The van der Waals surface area contributed by atoms with Crippen molar-refractivity contribution in [3.63, 3.8) is 0 Å². The Bertz CT molecular complexity index is 107. The van der Waals surface area contributed by atoms with E-state index in [0.29, 0.717) is 6.42 Å². The van der Waals surface area contributed by atoms with E-state index < -0.39 is 0 Å².